The van der Waals surface area contributed by atoms with Gasteiger partial charge in [0.2, 0.25) is 0 Å². The molecule has 1 aromatic carbocycles. The van der Waals surface area contributed by atoms with Crippen LogP contribution in [0.4, 0.5) is 5.69 Å². The van der Waals surface area contributed by atoms with E-state index in [2.05, 4.69) is 43.0 Å². The average Bonchev–Trinajstić information content (AvgIpc) is 2.19. The average molecular weight is 191 g/mol. The van der Waals surface area contributed by atoms with E-state index in [1.54, 1.807) is 0 Å². The number of morpholine rings is 1. The minimum absolute atomic E-state index is 0.352. The Kier molecular flexibility index (Phi) is 2.73. The second kappa shape index (κ2) is 4.01. The molecule has 1 fully saturated rings. The van der Waals surface area contributed by atoms with Gasteiger partial charge in [-0.25, -0.2) is 0 Å². The molecule has 1 saturated heterocycles. The summed E-state index contributed by atoms with van der Waals surface area (Å²) in [5, 5.41) is 0. The number of hydrogen-bond donors (Lipinski definition) is 0. The van der Waals surface area contributed by atoms with Crippen LogP contribution in [0.25, 0.3) is 0 Å². The van der Waals surface area contributed by atoms with Gasteiger partial charge in [0.15, 0.2) is 0 Å². The van der Waals surface area contributed by atoms with E-state index in [9.17, 15) is 0 Å². The highest BCUT2D eigenvalue weighted by molar-refractivity contribution is 5.47. The zero-order valence-electron chi connectivity index (χ0n) is 8.86. The summed E-state index contributed by atoms with van der Waals surface area (Å²) in [6.07, 6.45) is 0.352. The minimum Gasteiger partial charge on any atom is -0.375 e. The van der Waals surface area contributed by atoms with Crippen LogP contribution < -0.4 is 4.90 Å². The molecule has 2 heteroatoms. The van der Waals surface area contributed by atoms with Gasteiger partial charge in [0.1, 0.15) is 0 Å². The quantitative estimate of drug-likeness (QED) is 0.675. The van der Waals surface area contributed by atoms with Gasteiger partial charge >= 0.3 is 0 Å². The summed E-state index contributed by atoms with van der Waals surface area (Å²) in [6, 6.07) is 8.70. The van der Waals surface area contributed by atoms with Crippen LogP contribution in [0.1, 0.15) is 12.5 Å². The molecule has 0 N–H and O–H groups in total. The lowest BCUT2D eigenvalue weighted by Crippen LogP contribution is -2.41. The van der Waals surface area contributed by atoms with Crippen LogP contribution in [0.15, 0.2) is 24.3 Å². The molecule has 1 aliphatic rings. The SMILES string of the molecule is Cc1ccc(N2CCOC(C)C2)cc1. The van der Waals surface area contributed by atoms with Gasteiger partial charge in [0.05, 0.1) is 12.7 Å². The van der Waals surface area contributed by atoms with E-state index >= 15 is 0 Å². The van der Waals surface area contributed by atoms with Crippen molar-refractivity contribution in [3.05, 3.63) is 29.8 Å². The van der Waals surface area contributed by atoms with E-state index in [1.165, 1.54) is 11.3 Å². The number of ether oxygens (including phenoxy) is 1. The number of nitrogens with zero attached hydrogens (tertiary/aromatic N) is 1. The molecule has 2 rings (SSSR count). The Morgan fingerprint density at radius 3 is 2.64 bits per heavy atom. The molecule has 0 aromatic heterocycles. The summed E-state index contributed by atoms with van der Waals surface area (Å²) in [6.45, 7) is 7.09. The fourth-order valence-electron chi connectivity index (χ4n) is 1.81. The maximum Gasteiger partial charge on any atom is 0.0722 e. The Balaban J connectivity index is 2.10. The van der Waals surface area contributed by atoms with Crippen molar-refractivity contribution in [1.29, 1.82) is 0 Å². The monoisotopic (exact) mass is 191 g/mol. The molecule has 1 aromatic rings. The summed E-state index contributed by atoms with van der Waals surface area (Å²) in [5.41, 5.74) is 2.63. The Labute approximate surface area is 85.5 Å². The van der Waals surface area contributed by atoms with Crippen LogP contribution in [0.2, 0.25) is 0 Å². The van der Waals surface area contributed by atoms with Gasteiger partial charge in [-0.15, -0.1) is 0 Å². The minimum atomic E-state index is 0.352. The van der Waals surface area contributed by atoms with Gasteiger partial charge < -0.3 is 9.64 Å². The summed E-state index contributed by atoms with van der Waals surface area (Å²) in [5.74, 6) is 0. The lowest BCUT2D eigenvalue weighted by molar-refractivity contribution is 0.0532. The Bertz CT molecular complexity index is 294. The third kappa shape index (κ3) is 2.07. The molecule has 1 heterocycles. The van der Waals surface area contributed by atoms with Gasteiger partial charge in [0, 0.05) is 18.8 Å². The molecule has 0 bridgehead atoms. The molecule has 0 spiro atoms. The second-order valence-corrected chi connectivity index (χ2v) is 3.96. The molecule has 1 unspecified atom stereocenters. The van der Waals surface area contributed by atoms with Gasteiger partial charge in [0.25, 0.3) is 0 Å². The van der Waals surface area contributed by atoms with Crippen molar-refractivity contribution in [2.45, 2.75) is 20.0 Å². The molecule has 0 aliphatic carbocycles. The molecule has 14 heavy (non-hydrogen) atoms. The van der Waals surface area contributed by atoms with Crippen LogP contribution in [-0.4, -0.2) is 25.8 Å². The van der Waals surface area contributed by atoms with Crippen LogP contribution in [-0.2, 0) is 4.74 Å². The van der Waals surface area contributed by atoms with Gasteiger partial charge in [-0.05, 0) is 26.0 Å². The predicted molar refractivity (Wildman–Crippen MR) is 58.8 cm³/mol. The maximum atomic E-state index is 5.51. The molecular weight excluding hydrogens is 174 g/mol. The highest BCUT2D eigenvalue weighted by Crippen LogP contribution is 2.17. The van der Waals surface area contributed by atoms with Crippen molar-refractivity contribution in [3.63, 3.8) is 0 Å². The van der Waals surface area contributed by atoms with E-state index < -0.39 is 0 Å². The molecule has 0 radical (unpaired) electrons. The molecule has 1 aliphatic heterocycles. The number of aryl methyl sites for hydroxylation is 1. The van der Waals surface area contributed by atoms with Gasteiger partial charge in [-0.3, -0.25) is 0 Å². The number of rotatable bonds is 1. The third-order valence-electron chi connectivity index (χ3n) is 2.64. The van der Waals surface area contributed by atoms with E-state index in [0.29, 0.717) is 6.10 Å². The number of anilines is 1. The van der Waals surface area contributed by atoms with E-state index in [-0.39, 0.29) is 0 Å². The lowest BCUT2D eigenvalue weighted by Gasteiger charge is -2.32. The highest BCUT2D eigenvalue weighted by atomic mass is 16.5. The molecule has 76 valence electrons. The molecular formula is C12H17NO. The van der Waals surface area contributed by atoms with Crippen molar-refractivity contribution in [2.24, 2.45) is 0 Å². The zero-order chi connectivity index (χ0) is 9.97. The van der Waals surface area contributed by atoms with Crippen molar-refractivity contribution in [1.82, 2.24) is 0 Å². The van der Waals surface area contributed by atoms with E-state index in [4.69, 9.17) is 4.74 Å². The summed E-state index contributed by atoms with van der Waals surface area (Å²) in [7, 11) is 0. The van der Waals surface area contributed by atoms with Gasteiger partial charge in [-0.2, -0.15) is 0 Å². The third-order valence-corrected chi connectivity index (χ3v) is 2.64. The highest BCUT2D eigenvalue weighted by Gasteiger charge is 2.16. The van der Waals surface area contributed by atoms with Gasteiger partial charge in [-0.1, -0.05) is 17.7 Å². The zero-order valence-corrected chi connectivity index (χ0v) is 8.86. The normalized spacial score (nSPS) is 22.4. The maximum absolute atomic E-state index is 5.51. The van der Waals surface area contributed by atoms with Crippen LogP contribution in [0, 0.1) is 6.92 Å². The van der Waals surface area contributed by atoms with Crippen molar-refractivity contribution in [2.75, 3.05) is 24.6 Å². The standard InChI is InChI=1S/C12H17NO/c1-10-3-5-12(6-4-10)13-7-8-14-11(2)9-13/h3-6,11H,7-9H2,1-2H3. The van der Waals surface area contributed by atoms with Crippen LogP contribution in [0.3, 0.4) is 0 Å². The largest absolute Gasteiger partial charge is 0.375 e. The second-order valence-electron chi connectivity index (χ2n) is 3.96. The first-order chi connectivity index (χ1) is 6.75. The number of benzene rings is 1. The first kappa shape index (κ1) is 9.53. The number of hydrogen-bond acceptors (Lipinski definition) is 2. The van der Waals surface area contributed by atoms with E-state index in [0.717, 1.165) is 19.7 Å². The Hall–Kier alpha value is -1.02. The Morgan fingerprint density at radius 2 is 2.00 bits per heavy atom. The lowest BCUT2D eigenvalue weighted by atomic mass is 10.2. The summed E-state index contributed by atoms with van der Waals surface area (Å²) < 4.78 is 5.51. The topological polar surface area (TPSA) is 12.5 Å². The van der Waals surface area contributed by atoms with Crippen molar-refractivity contribution >= 4 is 5.69 Å². The van der Waals surface area contributed by atoms with Crippen LogP contribution in [0.5, 0.6) is 0 Å². The van der Waals surface area contributed by atoms with Crippen molar-refractivity contribution < 1.29 is 4.74 Å². The smallest absolute Gasteiger partial charge is 0.0722 e. The van der Waals surface area contributed by atoms with E-state index in [1.807, 2.05) is 0 Å². The van der Waals surface area contributed by atoms with Crippen LogP contribution >= 0.6 is 0 Å². The summed E-state index contributed by atoms with van der Waals surface area (Å²) in [4.78, 5) is 2.38. The first-order valence-corrected chi connectivity index (χ1v) is 5.19. The molecule has 0 amide bonds. The molecule has 0 saturated carbocycles. The Morgan fingerprint density at radius 1 is 1.29 bits per heavy atom. The fraction of sp³-hybridized carbons (Fsp3) is 0.500. The molecule has 1 atom stereocenters. The fourth-order valence-corrected chi connectivity index (χ4v) is 1.81. The summed E-state index contributed by atoms with van der Waals surface area (Å²) >= 11 is 0. The predicted octanol–water partition coefficient (Wildman–Crippen LogP) is 2.22. The first-order valence-electron chi connectivity index (χ1n) is 5.19. The molecule has 2 nitrogen and oxygen atoms in total. The van der Waals surface area contributed by atoms with Crippen molar-refractivity contribution in [3.8, 4) is 0 Å².